The van der Waals surface area contributed by atoms with Crippen molar-refractivity contribution in [2.24, 2.45) is 16.6 Å². The predicted octanol–water partition coefficient (Wildman–Crippen LogP) is 3.94. The summed E-state index contributed by atoms with van der Waals surface area (Å²) >= 11 is 0. The van der Waals surface area contributed by atoms with Crippen molar-refractivity contribution in [3.05, 3.63) is 24.3 Å². The van der Waals surface area contributed by atoms with Gasteiger partial charge in [-0.25, -0.2) is 0 Å². The van der Waals surface area contributed by atoms with Crippen LogP contribution in [0.15, 0.2) is 29.3 Å². The van der Waals surface area contributed by atoms with Crippen LogP contribution >= 0.6 is 24.0 Å². The summed E-state index contributed by atoms with van der Waals surface area (Å²) in [6, 6.07) is 8.27. The van der Waals surface area contributed by atoms with Crippen LogP contribution in [0.4, 0.5) is 5.69 Å². The van der Waals surface area contributed by atoms with Gasteiger partial charge in [0.15, 0.2) is 5.96 Å². The summed E-state index contributed by atoms with van der Waals surface area (Å²) in [5.74, 6) is 1.91. The van der Waals surface area contributed by atoms with E-state index in [9.17, 15) is 0 Å². The molecule has 1 unspecified atom stereocenters. The van der Waals surface area contributed by atoms with E-state index in [1.54, 1.807) is 0 Å². The number of nitrogens with one attached hydrogen (secondary N) is 1. The maximum Gasteiger partial charge on any atom is 0.193 e. The third kappa shape index (κ3) is 7.40. The van der Waals surface area contributed by atoms with E-state index in [-0.39, 0.29) is 30.1 Å². The number of nitrogens with two attached hydrogens (primary N) is 1. The Hall–Kier alpha value is -1.02. The average Bonchev–Trinajstić information content (AvgIpc) is 3.02. The quantitative estimate of drug-likeness (QED) is 0.368. The summed E-state index contributed by atoms with van der Waals surface area (Å²) < 4.78 is 5.64. The van der Waals surface area contributed by atoms with Gasteiger partial charge >= 0.3 is 0 Å². The molecule has 2 rings (SSSR count). The molecule has 1 aliphatic heterocycles. The van der Waals surface area contributed by atoms with Gasteiger partial charge in [0.05, 0.1) is 12.6 Å². The number of anilines is 1. The molecule has 0 aliphatic carbocycles. The van der Waals surface area contributed by atoms with Crippen LogP contribution < -0.4 is 15.8 Å². The van der Waals surface area contributed by atoms with E-state index >= 15 is 0 Å². The molecule has 1 saturated heterocycles. The van der Waals surface area contributed by atoms with Gasteiger partial charge in [0.25, 0.3) is 0 Å². The van der Waals surface area contributed by atoms with Gasteiger partial charge in [-0.1, -0.05) is 13.8 Å². The Labute approximate surface area is 169 Å². The van der Waals surface area contributed by atoms with Crippen molar-refractivity contribution in [1.29, 1.82) is 0 Å². The second-order valence-corrected chi connectivity index (χ2v) is 7.10. The molecule has 0 bridgehead atoms. The van der Waals surface area contributed by atoms with E-state index < -0.39 is 0 Å². The zero-order chi connectivity index (χ0) is 17.5. The highest BCUT2D eigenvalue weighted by molar-refractivity contribution is 14.0. The van der Waals surface area contributed by atoms with Crippen molar-refractivity contribution in [2.75, 3.05) is 25.0 Å². The number of hydrogen-bond acceptors (Lipinski definition) is 3. The number of aliphatic imine (C=N–C) groups is 1. The lowest BCUT2D eigenvalue weighted by Crippen LogP contribution is -2.40. The van der Waals surface area contributed by atoms with Crippen LogP contribution in [0.5, 0.6) is 5.75 Å². The van der Waals surface area contributed by atoms with Crippen molar-refractivity contribution in [2.45, 2.75) is 52.7 Å². The van der Waals surface area contributed by atoms with E-state index in [1.807, 2.05) is 38.1 Å². The normalized spacial score (nSPS) is 16.8. The number of ether oxygens (including phenoxy) is 1. The minimum atomic E-state index is 0. The number of likely N-dealkylation sites (tertiary alicyclic amines) is 1. The van der Waals surface area contributed by atoms with E-state index in [4.69, 9.17) is 10.5 Å². The molecule has 0 spiro atoms. The molecule has 1 aliphatic rings. The molecule has 1 aromatic rings. The van der Waals surface area contributed by atoms with Crippen LogP contribution in [0.25, 0.3) is 0 Å². The molecule has 5 nitrogen and oxygen atoms in total. The molecular weight excluding hydrogens is 427 g/mol. The molecule has 1 atom stereocenters. The Kier molecular flexibility index (Phi) is 9.56. The highest BCUT2D eigenvalue weighted by Gasteiger charge is 2.24. The Morgan fingerprint density at radius 2 is 1.76 bits per heavy atom. The monoisotopic (exact) mass is 460 g/mol. The summed E-state index contributed by atoms with van der Waals surface area (Å²) in [6.07, 6.45) is 2.77. The average molecular weight is 460 g/mol. The molecule has 0 aromatic heterocycles. The van der Waals surface area contributed by atoms with E-state index in [2.05, 4.69) is 29.1 Å². The van der Waals surface area contributed by atoms with Crippen molar-refractivity contribution >= 4 is 35.6 Å². The smallest absolute Gasteiger partial charge is 0.193 e. The van der Waals surface area contributed by atoms with Crippen LogP contribution in [0.1, 0.15) is 40.5 Å². The van der Waals surface area contributed by atoms with Crippen LogP contribution in [-0.4, -0.2) is 42.6 Å². The van der Waals surface area contributed by atoms with Crippen LogP contribution in [-0.2, 0) is 0 Å². The number of nitrogens with zero attached hydrogens (tertiary/aromatic N) is 2. The molecule has 0 amide bonds. The van der Waals surface area contributed by atoms with Gasteiger partial charge in [-0.05, 0) is 70.0 Å². The van der Waals surface area contributed by atoms with Gasteiger partial charge in [0.1, 0.15) is 5.75 Å². The number of rotatable bonds is 7. The zero-order valence-electron chi connectivity index (χ0n) is 15.9. The SMILES string of the molecule is CC(C)Oc1ccc(NC(N)=NCC(C(C)C)N2CCCC2)cc1.I. The fraction of sp³-hybridized carbons (Fsp3) is 0.632. The molecule has 1 heterocycles. The molecule has 0 saturated carbocycles. The molecule has 25 heavy (non-hydrogen) atoms. The summed E-state index contributed by atoms with van der Waals surface area (Å²) in [4.78, 5) is 7.11. The van der Waals surface area contributed by atoms with Crippen molar-refractivity contribution in [1.82, 2.24) is 4.90 Å². The second-order valence-electron chi connectivity index (χ2n) is 7.10. The topological polar surface area (TPSA) is 62.9 Å². The van der Waals surface area contributed by atoms with Gasteiger partial charge < -0.3 is 15.8 Å². The lowest BCUT2D eigenvalue weighted by Gasteiger charge is -2.29. The minimum absolute atomic E-state index is 0. The summed E-state index contributed by atoms with van der Waals surface area (Å²) in [6.45, 7) is 11.7. The van der Waals surface area contributed by atoms with E-state index in [1.165, 1.54) is 25.9 Å². The molecule has 142 valence electrons. The molecular formula is C19H33IN4O. The van der Waals surface area contributed by atoms with Crippen molar-refractivity contribution in [3.63, 3.8) is 0 Å². The van der Waals surface area contributed by atoms with Crippen LogP contribution in [0, 0.1) is 5.92 Å². The van der Waals surface area contributed by atoms with E-state index in [0.29, 0.717) is 17.9 Å². The predicted molar refractivity (Wildman–Crippen MR) is 117 cm³/mol. The summed E-state index contributed by atoms with van der Waals surface area (Å²) in [7, 11) is 0. The molecule has 3 N–H and O–H groups in total. The number of benzene rings is 1. The number of halogens is 1. The van der Waals surface area contributed by atoms with Crippen LogP contribution in [0.3, 0.4) is 0 Å². The first kappa shape index (κ1) is 22.0. The Bertz CT molecular complexity index is 525. The van der Waals surface area contributed by atoms with Crippen LogP contribution in [0.2, 0.25) is 0 Å². The first-order valence-corrected chi connectivity index (χ1v) is 9.03. The third-order valence-electron chi connectivity index (χ3n) is 4.33. The fourth-order valence-corrected chi connectivity index (χ4v) is 3.09. The molecule has 1 aromatic carbocycles. The molecule has 6 heteroatoms. The van der Waals surface area contributed by atoms with Crippen molar-refractivity contribution < 1.29 is 4.74 Å². The van der Waals surface area contributed by atoms with Gasteiger partial charge in [0, 0.05) is 11.7 Å². The highest BCUT2D eigenvalue weighted by atomic mass is 127. The number of hydrogen-bond donors (Lipinski definition) is 2. The minimum Gasteiger partial charge on any atom is -0.491 e. The van der Waals surface area contributed by atoms with Gasteiger partial charge in [-0.2, -0.15) is 0 Å². The third-order valence-corrected chi connectivity index (χ3v) is 4.33. The number of guanidine groups is 1. The second kappa shape index (κ2) is 10.9. The zero-order valence-corrected chi connectivity index (χ0v) is 18.2. The fourth-order valence-electron chi connectivity index (χ4n) is 3.09. The van der Waals surface area contributed by atoms with Gasteiger partial charge in [0.2, 0.25) is 0 Å². The van der Waals surface area contributed by atoms with Crippen molar-refractivity contribution in [3.8, 4) is 5.75 Å². The first-order valence-electron chi connectivity index (χ1n) is 9.03. The maximum absolute atomic E-state index is 6.06. The Morgan fingerprint density at radius 1 is 1.16 bits per heavy atom. The highest BCUT2D eigenvalue weighted by Crippen LogP contribution is 2.19. The lowest BCUT2D eigenvalue weighted by atomic mass is 10.0. The first-order chi connectivity index (χ1) is 11.5. The Balaban J connectivity index is 0.00000312. The Morgan fingerprint density at radius 3 is 2.28 bits per heavy atom. The maximum atomic E-state index is 6.06. The largest absolute Gasteiger partial charge is 0.491 e. The molecule has 0 radical (unpaired) electrons. The lowest BCUT2D eigenvalue weighted by molar-refractivity contribution is 0.198. The summed E-state index contributed by atoms with van der Waals surface area (Å²) in [5.41, 5.74) is 6.99. The summed E-state index contributed by atoms with van der Waals surface area (Å²) in [5, 5.41) is 3.16. The van der Waals surface area contributed by atoms with E-state index in [0.717, 1.165) is 18.0 Å². The van der Waals surface area contributed by atoms with Gasteiger partial charge in [-0.3, -0.25) is 9.89 Å². The standard InChI is InChI=1S/C19H32N4O.HI/c1-14(2)18(23-11-5-6-12-23)13-21-19(20)22-16-7-9-17(10-8-16)24-15(3)4;/h7-10,14-15,18H,5-6,11-13H2,1-4H3,(H3,20,21,22);1H. The van der Waals surface area contributed by atoms with Gasteiger partial charge in [-0.15, -0.1) is 24.0 Å². The molecule has 1 fully saturated rings.